The summed E-state index contributed by atoms with van der Waals surface area (Å²) in [5.41, 5.74) is 3.29. The van der Waals surface area contributed by atoms with Crippen LogP contribution in [0.25, 0.3) is 0 Å². The maximum atomic E-state index is 5.90. The second kappa shape index (κ2) is 7.97. The molecule has 0 aliphatic carbocycles. The van der Waals surface area contributed by atoms with Crippen LogP contribution in [-0.4, -0.2) is 27.4 Å². The Kier molecular flexibility index (Phi) is 5.04. The van der Waals surface area contributed by atoms with Crippen LogP contribution in [0.4, 0.5) is 5.69 Å². The third-order valence-corrected chi connectivity index (χ3v) is 6.04. The number of hydrogen-bond donors (Lipinski definition) is 1. The van der Waals surface area contributed by atoms with Crippen molar-refractivity contribution in [3.8, 4) is 0 Å². The van der Waals surface area contributed by atoms with E-state index in [-0.39, 0.29) is 18.2 Å². The Morgan fingerprint density at radius 1 is 1.07 bits per heavy atom. The van der Waals surface area contributed by atoms with E-state index < -0.39 is 0 Å². The molecule has 2 aliphatic rings. The second-order valence-corrected chi connectivity index (χ2v) is 7.94. The van der Waals surface area contributed by atoms with E-state index in [1.807, 2.05) is 24.4 Å². The Hall–Kier alpha value is -2.70. The van der Waals surface area contributed by atoms with Crippen LogP contribution in [-0.2, 0) is 11.3 Å². The van der Waals surface area contributed by atoms with Gasteiger partial charge < -0.3 is 19.5 Å². The van der Waals surface area contributed by atoms with Crippen molar-refractivity contribution in [2.24, 2.45) is 0 Å². The Bertz CT molecular complexity index is 969. The SMILES string of the molecule is S=C1N[C@H](c2ccccn2)[C@@H](c2cccn2C[C@@H]2CCCO2)N1c1ccccc1. The van der Waals surface area contributed by atoms with Crippen molar-refractivity contribution in [2.75, 3.05) is 11.5 Å². The summed E-state index contributed by atoms with van der Waals surface area (Å²) < 4.78 is 8.22. The monoisotopic (exact) mass is 404 g/mol. The van der Waals surface area contributed by atoms with E-state index in [4.69, 9.17) is 17.0 Å². The molecule has 0 unspecified atom stereocenters. The lowest BCUT2D eigenvalue weighted by molar-refractivity contribution is 0.0961. The fourth-order valence-electron chi connectivity index (χ4n) is 4.39. The maximum Gasteiger partial charge on any atom is 0.174 e. The van der Waals surface area contributed by atoms with Gasteiger partial charge in [-0.25, -0.2) is 0 Å². The van der Waals surface area contributed by atoms with E-state index in [2.05, 4.69) is 68.4 Å². The molecule has 5 nitrogen and oxygen atoms in total. The summed E-state index contributed by atoms with van der Waals surface area (Å²) in [6.45, 7) is 1.73. The number of rotatable bonds is 5. The molecule has 1 N–H and O–H groups in total. The van der Waals surface area contributed by atoms with Crippen LogP contribution in [0.5, 0.6) is 0 Å². The minimum Gasteiger partial charge on any atom is -0.376 e. The Balaban J connectivity index is 1.57. The number of aromatic nitrogens is 2. The highest BCUT2D eigenvalue weighted by atomic mass is 32.1. The molecule has 2 saturated heterocycles. The Morgan fingerprint density at radius 3 is 2.69 bits per heavy atom. The zero-order chi connectivity index (χ0) is 19.6. The largest absolute Gasteiger partial charge is 0.376 e. The van der Waals surface area contributed by atoms with Gasteiger partial charge in [-0.3, -0.25) is 4.98 Å². The molecule has 1 aromatic carbocycles. The lowest BCUT2D eigenvalue weighted by Crippen LogP contribution is -2.31. The first-order valence-corrected chi connectivity index (χ1v) is 10.5. The smallest absolute Gasteiger partial charge is 0.174 e. The summed E-state index contributed by atoms with van der Waals surface area (Å²) in [6.07, 6.45) is 6.53. The van der Waals surface area contributed by atoms with Crippen LogP contribution < -0.4 is 10.2 Å². The van der Waals surface area contributed by atoms with E-state index in [0.717, 1.165) is 42.5 Å². The minimum atomic E-state index is -0.0259. The van der Waals surface area contributed by atoms with Gasteiger partial charge in [0, 0.05) is 36.9 Å². The highest BCUT2D eigenvalue weighted by Crippen LogP contribution is 2.41. The van der Waals surface area contributed by atoms with Gasteiger partial charge in [0.05, 0.1) is 17.8 Å². The van der Waals surface area contributed by atoms with Crippen molar-refractivity contribution < 1.29 is 4.74 Å². The van der Waals surface area contributed by atoms with Crippen LogP contribution in [0, 0.1) is 0 Å². The van der Waals surface area contributed by atoms with E-state index >= 15 is 0 Å². The molecule has 0 bridgehead atoms. The maximum absolute atomic E-state index is 5.90. The molecule has 148 valence electrons. The fraction of sp³-hybridized carbons (Fsp3) is 0.304. The van der Waals surface area contributed by atoms with Crippen LogP contribution in [0.3, 0.4) is 0 Å². The van der Waals surface area contributed by atoms with E-state index in [1.54, 1.807) is 0 Å². The number of thiocarbonyl (C=S) groups is 1. The van der Waals surface area contributed by atoms with Gasteiger partial charge in [-0.1, -0.05) is 24.3 Å². The van der Waals surface area contributed by atoms with E-state index in [9.17, 15) is 0 Å². The van der Waals surface area contributed by atoms with Gasteiger partial charge in [0.1, 0.15) is 6.04 Å². The van der Waals surface area contributed by atoms with Crippen LogP contribution >= 0.6 is 12.2 Å². The zero-order valence-electron chi connectivity index (χ0n) is 16.1. The Labute approximate surface area is 176 Å². The second-order valence-electron chi connectivity index (χ2n) is 7.55. The summed E-state index contributed by atoms with van der Waals surface area (Å²) in [5.74, 6) is 0. The van der Waals surface area contributed by atoms with Crippen LogP contribution in [0.2, 0.25) is 0 Å². The molecule has 0 amide bonds. The zero-order valence-corrected chi connectivity index (χ0v) is 17.0. The van der Waals surface area contributed by atoms with Crippen molar-refractivity contribution in [2.45, 2.75) is 37.6 Å². The molecule has 0 radical (unpaired) electrons. The van der Waals surface area contributed by atoms with E-state index in [0.29, 0.717) is 0 Å². The predicted octanol–water partition coefficient (Wildman–Crippen LogP) is 4.24. The summed E-state index contributed by atoms with van der Waals surface area (Å²) >= 11 is 5.79. The number of nitrogens with one attached hydrogen (secondary N) is 1. The molecule has 29 heavy (non-hydrogen) atoms. The first-order valence-electron chi connectivity index (χ1n) is 10.1. The number of anilines is 1. The van der Waals surface area contributed by atoms with Crippen molar-refractivity contribution in [1.82, 2.24) is 14.9 Å². The van der Waals surface area contributed by atoms with Gasteiger partial charge in [-0.05, 0) is 61.5 Å². The predicted molar refractivity (Wildman–Crippen MR) is 118 cm³/mol. The molecular formula is C23H24N4OS. The van der Waals surface area contributed by atoms with Crippen molar-refractivity contribution in [3.05, 3.63) is 84.4 Å². The normalized spacial score (nSPS) is 24.1. The molecule has 3 aromatic rings. The Morgan fingerprint density at radius 2 is 1.93 bits per heavy atom. The molecule has 2 aliphatic heterocycles. The summed E-state index contributed by atoms with van der Waals surface area (Å²) in [6, 6.07) is 20.7. The summed E-state index contributed by atoms with van der Waals surface area (Å²) in [4.78, 5) is 6.85. The number of nitrogens with zero attached hydrogens (tertiary/aromatic N) is 3. The minimum absolute atomic E-state index is 0.0104. The quantitative estimate of drug-likeness (QED) is 0.645. The number of pyridine rings is 1. The van der Waals surface area contributed by atoms with Crippen molar-refractivity contribution in [1.29, 1.82) is 0 Å². The topological polar surface area (TPSA) is 42.3 Å². The van der Waals surface area contributed by atoms with Gasteiger partial charge >= 0.3 is 0 Å². The van der Waals surface area contributed by atoms with Crippen molar-refractivity contribution in [3.63, 3.8) is 0 Å². The average molecular weight is 405 g/mol. The summed E-state index contributed by atoms with van der Waals surface area (Å²) in [7, 11) is 0. The average Bonchev–Trinajstić information content (AvgIpc) is 3.50. The lowest BCUT2D eigenvalue weighted by Gasteiger charge is -2.29. The highest BCUT2D eigenvalue weighted by molar-refractivity contribution is 7.80. The molecule has 5 rings (SSSR count). The number of hydrogen-bond acceptors (Lipinski definition) is 3. The van der Waals surface area contributed by atoms with Gasteiger partial charge in [-0.2, -0.15) is 0 Å². The highest BCUT2D eigenvalue weighted by Gasteiger charge is 2.42. The third kappa shape index (κ3) is 3.54. The van der Waals surface area contributed by atoms with Gasteiger partial charge in [0.25, 0.3) is 0 Å². The number of ether oxygens (including phenoxy) is 1. The standard InChI is InChI=1S/C23H24N4OS/c29-23-25-21(19-11-4-5-13-24-19)22(27(23)17-8-2-1-3-9-17)20-12-6-14-26(20)16-18-10-7-15-28-18/h1-6,8-9,11-14,18,21-22H,7,10,15-16H2,(H,25,29)/t18-,21+,22+/m0/s1. The molecule has 3 atom stereocenters. The van der Waals surface area contributed by atoms with E-state index in [1.165, 1.54) is 5.69 Å². The molecular weight excluding hydrogens is 380 g/mol. The molecule has 0 saturated carbocycles. The lowest BCUT2D eigenvalue weighted by atomic mass is 10.0. The molecule has 2 aromatic heterocycles. The van der Waals surface area contributed by atoms with Gasteiger partial charge in [0.15, 0.2) is 5.11 Å². The van der Waals surface area contributed by atoms with Crippen molar-refractivity contribution >= 4 is 23.0 Å². The molecule has 2 fully saturated rings. The van der Waals surface area contributed by atoms with Gasteiger partial charge in [-0.15, -0.1) is 0 Å². The number of para-hydroxylation sites is 1. The number of benzene rings is 1. The fourth-order valence-corrected chi connectivity index (χ4v) is 4.74. The van der Waals surface area contributed by atoms with Crippen LogP contribution in [0.15, 0.2) is 73.1 Å². The van der Waals surface area contributed by atoms with Gasteiger partial charge in [0.2, 0.25) is 0 Å². The first kappa shape index (κ1) is 18.3. The molecule has 0 spiro atoms. The summed E-state index contributed by atoms with van der Waals surface area (Å²) in [5, 5.41) is 4.25. The third-order valence-electron chi connectivity index (χ3n) is 5.72. The molecule has 6 heteroatoms. The first-order chi connectivity index (χ1) is 14.3. The van der Waals surface area contributed by atoms with Crippen LogP contribution in [0.1, 0.15) is 36.3 Å². The molecule has 4 heterocycles.